The lowest BCUT2D eigenvalue weighted by Gasteiger charge is -2.20. The standard InChI is InChI=1S/C10H11ClN2O/c1-5-10(3,4)14-8-7(2)6-12-9(11)13-8/h1,6H,2-4H3. The fraction of sp³-hybridized carbons (Fsp3) is 0.400. The molecular weight excluding hydrogens is 200 g/mol. The van der Waals surface area contributed by atoms with Crippen LogP contribution in [0.2, 0.25) is 5.28 Å². The first-order chi connectivity index (χ1) is 6.44. The van der Waals surface area contributed by atoms with Crippen LogP contribution in [0.25, 0.3) is 0 Å². The van der Waals surface area contributed by atoms with Gasteiger partial charge in [0, 0.05) is 11.8 Å². The molecule has 0 unspecified atom stereocenters. The van der Waals surface area contributed by atoms with Gasteiger partial charge in [-0.2, -0.15) is 4.98 Å². The van der Waals surface area contributed by atoms with Crippen LogP contribution >= 0.6 is 11.6 Å². The van der Waals surface area contributed by atoms with E-state index < -0.39 is 5.60 Å². The van der Waals surface area contributed by atoms with Crippen LogP contribution in [-0.4, -0.2) is 15.6 Å². The number of hydrogen-bond donors (Lipinski definition) is 0. The maximum atomic E-state index is 5.63. The van der Waals surface area contributed by atoms with Crippen LogP contribution < -0.4 is 4.74 Å². The molecule has 0 aliphatic rings. The van der Waals surface area contributed by atoms with Gasteiger partial charge in [0.05, 0.1) is 0 Å². The monoisotopic (exact) mass is 210 g/mol. The van der Waals surface area contributed by atoms with Crippen LogP contribution in [0.5, 0.6) is 5.88 Å². The average Bonchev–Trinajstić information content (AvgIpc) is 2.11. The molecule has 0 bridgehead atoms. The molecule has 0 amide bonds. The minimum Gasteiger partial charge on any atom is -0.458 e. The lowest BCUT2D eigenvalue weighted by atomic mass is 10.1. The second kappa shape index (κ2) is 3.85. The van der Waals surface area contributed by atoms with Gasteiger partial charge in [-0.25, -0.2) is 4.98 Å². The fourth-order valence-electron chi connectivity index (χ4n) is 0.781. The third kappa shape index (κ3) is 2.61. The van der Waals surface area contributed by atoms with E-state index in [9.17, 15) is 0 Å². The van der Waals surface area contributed by atoms with Gasteiger partial charge in [0.25, 0.3) is 0 Å². The molecule has 0 fully saturated rings. The third-order valence-electron chi connectivity index (χ3n) is 1.60. The fourth-order valence-corrected chi connectivity index (χ4v) is 0.906. The van der Waals surface area contributed by atoms with Crippen LogP contribution in [0.1, 0.15) is 19.4 Å². The quantitative estimate of drug-likeness (QED) is 0.555. The van der Waals surface area contributed by atoms with Crippen molar-refractivity contribution in [1.82, 2.24) is 9.97 Å². The average molecular weight is 211 g/mol. The molecule has 1 rings (SSSR count). The Bertz CT molecular complexity index is 382. The Morgan fingerprint density at radius 2 is 2.21 bits per heavy atom. The third-order valence-corrected chi connectivity index (χ3v) is 1.78. The first kappa shape index (κ1) is 10.8. The van der Waals surface area contributed by atoms with Crippen molar-refractivity contribution in [3.63, 3.8) is 0 Å². The molecule has 1 aromatic heterocycles. The SMILES string of the molecule is C#CC(C)(C)Oc1nc(Cl)ncc1C. The summed E-state index contributed by atoms with van der Waals surface area (Å²) in [4.78, 5) is 7.76. The summed E-state index contributed by atoms with van der Waals surface area (Å²) < 4.78 is 5.49. The van der Waals surface area contributed by atoms with Gasteiger partial charge < -0.3 is 4.74 Å². The molecule has 0 atom stereocenters. The Morgan fingerprint density at radius 1 is 1.57 bits per heavy atom. The van der Waals surface area contributed by atoms with Crippen molar-refractivity contribution in [2.75, 3.05) is 0 Å². The van der Waals surface area contributed by atoms with E-state index in [1.807, 2.05) is 6.92 Å². The van der Waals surface area contributed by atoms with Crippen molar-refractivity contribution in [2.45, 2.75) is 26.4 Å². The molecule has 0 saturated heterocycles. The first-order valence-electron chi connectivity index (χ1n) is 4.10. The molecule has 0 spiro atoms. The zero-order valence-corrected chi connectivity index (χ0v) is 9.09. The van der Waals surface area contributed by atoms with Crippen molar-refractivity contribution in [3.8, 4) is 18.2 Å². The van der Waals surface area contributed by atoms with Crippen molar-refractivity contribution in [1.29, 1.82) is 0 Å². The molecule has 3 nitrogen and oxygen atoms in total. The zero-order valence-electron chi connectivity index (χ0n) is 8.34. The van der Waals surface area contributed by atoms with Crippen LogP contribution in [0.15, 0.2) is 6.20 Å². The van der Waals surface area contributed by atoms with Crippen LogP contribution in [0.4, 0.5) is 0 Å². The molecule has 0 N–H and O–H groups in total. The summed E-state index contributed by atoms with van der Waals surface area (Å²) in [7, 11) is 0. The van der Waals surface area contributed by atoms with E-state index >= 15 is 0 Å². The maximum absolute atomic E-state index is 5.63. The topological polar surface area (TPSA) is 35.0 Å². The van der Waals surface area contributed by atoms with Crippen molar-refractivity contribution in [2.24, 2.45) is 0 Å². The molecule has 0 saturated carbocycles. The summed E-state index contributed by atoms with van der Waals surface area (Å²) in [6.45, 7) is 5.39. The van der Waals surface area contributed by atoms with Crippen LogP contribution in [0.3, 0.4) is 0 Å². The molecule has 0 aliphatic carbocycles. The van der Waals surface area contributed by atoms with Crippen LogP contribution in [0, 0.1) is 19.3 Å². The summed E-state index contributed by atoms with van der Waals surface area (Å²) in [6, 6.07) is 0. The Kier molecular flexibility index (Phi) is 2.97. The minimum atomic E-state index is -0.692. The highest BCUT2D eigenvalue weighted by molar-refractivity contribution is 6.28. The molecule has 14 heavy (non-hydrogen) atoms. The Morgan fingerprint density at radius 3 is 2.79 bits per heavy atom. The molecule has 1 heterocycles. The van der Waals surface area contributed by atoms with Gasteiger partial charge in [0.1, 0.15) is 0 Å². The number of nitrogens with zero attached hydrogens (tertiary/aromatic N) is 2. The Hall–Kier alpha value is -1.27. The normalized spacial score (nSPS) is 10.8. The van der Waals surface area contributed by atoms with E-state index in [1.165, 1.54) is 0 Å². The van der Waals surface area contributed by atoms with Crippen molar-refractivity contribution in [3.05, 3.63) is 17.0 Å². The van der Waals surface area contributed by atoms with Crippen LogP contribution in [-0.2, 0) is 0 Å². The van der Waals surface area contributed by atoms with Gasteiger partial charge in [-0.15, -0.1) is 6.42 Å². The van der Waals surface area contributed by atoms with Gasteiger partial charge in [-0.05, 0) is 32.4 Å². The molecule has 0 radical (unpaired) electrons. The molecular formula is C10H11ClN2O. The molecule has 0 aliphatic heterocycles. The van der Waals surface area contributed by atoms with Crippen molar-refractivity contribution >= 4 is 11.6 Å². The minimum absolute atomic E-state index is 0.151. The number of aryl methyl sites for hydroxylation is 1. The predicted molar refractivity (Wildman–Crippen MR) is 55.3 cm³/mol. The largest absolute Gasteiger partial charge is 0.458 e. The Labute approximate surface area is 88.5 Å². The Balaban J connectivity index is 2.98. The highest BCUT2D eigenvalue weighted by Gasteiger charge is 2.18. The smallest absolute Gasteiger partial charge is 0.225 e. The van der Waals surface area contributed by atoms with Gasteiger partial charge in [0.2, 0.25) is 11.2 Å². The van der Waals surface area contributed by atoms with E-state index in [2.05, 4.69) is 15.9 Å². The van der Waals surface area contributed by atoms with E-state index in [0.717, 1.165) is 5.56 Å². The highest BCUT2D eigenvalue weighted by atomic mass is 35.5. The second-order valence-corrected chi connectivity index (χ2v) is 3.72. The van der Waals surface area contributed by atoms with E-state index in [4.69, 9.17) is 22.8 Å². The van der Waals surface area contributed by atoms with Gasteiger partial charge in [-0.1, -0.05) is 5.92 Å². The van der Waals surface area contributed by atoms with E-state index in [-0.39, 0.29) is 5.28 Å². The van der Waals surface area contributed by atoms with Gasteiger partial charge in [-0.3, -0.25) is 0 Å². The molecule has 1 aromatic rings. The first-order valence-corrected chi connectivity index (χ1v) is 4.48. The summed E-state index contributed by atoms with van der Waals surface area (Å²) in [5.74, 6) is 2.93. The van der Waals surface area contributed by atoms with Gasteiger partial charge >= 0.3 is 0 Å². The zero-order chi connectivity index (χ0) is 10.8. The van der Waals surface area contributed by atoms with E-state index in [1.54, 1.807) is 20.0 Å². The molecule has 4 heteroatoms. The highest BCUT2D eigenvalue weighted by Crippen LogP contribution is 2.20. The second-order valence-electron chi connectivity index (χ2n) is 3.38. The lowest BCUT2D eigenvalue weighted by Crippen LogP contribution is -2.26. The number of ether oxygens (including phenoxy) is 1. The maximum Gasteiger partial charge on any atom is 0.225 e. The number of halogens is 1. The van der Waals surface area contributed by atoms with Gasteiger partial charge in [0.15, 0.2) is 5.60 Å². The summed E-state index contributed by atoms with van der Waals surface area (Å²) in [5.41, 5.74) is 0.111. The molecule has 0 aromatic carbocycles. The number of terminal acetylenes is 1. The number of rotatable bonds is 2. The number of aromatic nitrogens is 2. The summed E-state index contributed by atoms with van der Waals surface area (Å²) in [6.07, 6.45) is 6.89. The molecule has 74 valence electrons. The van der Waals surface area contributed by atoms with E-state index in [0.29, 0.717) is 5.88 Å². The summed E-state index contributed by atoms with van der Waals surface area (Å²) >= 11 is 5.63. The number of hydrogen-bond acceptors (Lipinski definition) is 3. The predicted octanol–water partition coefficient (Wildman–Crippen LogP) is 2.23. The summed E-state index contributed by atoms with van der Waals surface area (Å²) in [5, 5.41) is 0.151. The van der Waals surface area contributed by atoms with Crippen molar-refractivity contribution < 1.29 is 4.74 Å². The lowest BCUT2D eigenvalue weighted by molar-refractivity contribution is 0.163.